The fourth-order valence-corrected chi connectivity index (χ4v) is 2.96. The highest BCUT2D eigenvalue weighted by atomic mass is 16.5. The number of carbonyl (C=O) groups is 4. The number of nitrogens with one attached hydrogen (secondary N) is 1. The minimum Gasteiger partial charge on any atom is -0.494 e. The first kappa shape index (κ1) is 16.9. The van der Waals surface area contributed by atoms with Crippen molar-refractivity contribution < 1.29 is 23.9 Å². The van der Waals surface area contributed by atoms with Crippen LogP contribution in [0.15, 0.2) is 30.9 Å². The molecular formula is C18H18N2O5. The Morgan fingerprint density at radius 2 is 1.96 bits per heavy atom. The second-order valence-electron chi connectivity index (χ2n) is 5.93. The molecule has 1 saturated heterocycles. The van der Waals surface area contributed by atoms with E-state index in [-0.39, 0.29) is 24.0 Å². The van der Waals surface area contributed by atoms with E-state index in [9.17, 15) is 19.2 Å². The molecule has 7 heteroatoms. The Bertz CT molecular complexity index is 771. The molecule has 130 valence electrons. The van der Waals surface area contributed by atoms with Gasteiger partial charge in [0.25, 0.3) is 11.8 Å². The van der Waals surface area contributed by atoms with Crippen molar-refractivity contribution in [1.29, 1.82) is 0 Å². The summed E-state index contributed by atoms with van der Waals surface area (Å²) in [5, 5.41) is 2.17. The lowest BCUT2D eigenvalue weighted by molar-refractivity contribution is -0.136. The summed E-state index contributed by atoms with van der Waals surface area (Å²) < 4.78 is 5.58. The van der Waals surface area contributed by atoms with Gasteiger partial charge in [-0.05, 0) is 37.5 Å². The maximum Gasteiger partial charge on any atom is 0.262 e. The first-order valence-corrected chi connectivity index (χ1v) is 8.12. The average molecular weight is 342 g/mol. The third-order valence-corrected chi connectivity index (χ3v) is 4.23. The number of unbranched alkanes of at least 4 members (excludes halogenated alkanes) is 1. The highest BCUT2D eigenvalue weighted by molar-refractivity contribution is 6.23. The van der Waals surface area contributed by atoms with E-state index in [1.807, 2.05) is 0 Å². The molecule has 2 aliphatic heterocycles. The molecule has 2 aliphatic rings. The van der Waals surface area contributed by atoms with Crippen molar-refractivity contribution in [3.8, 4) is 5.75 Å². The number of rotatable bonds is 6. The monoisotopic (exact) mass is 342 g/mol. The lowest BCUT2D eigenvalue weighted by atomic mass is 10.0. The van der Waals surface area contributed by atoms with Gasteiger partial charge in [-0.25, -0.2) is 0 Å². The Labute approximate surface area is 144 Å². The molecule has 0 bridgehead atoms. The van der Waals surface area contributed by atoms with Crippen molar-refractivity contribution in [3.05, 3.63) is 42.0 Å². The van der Waals surface area contributed by atoms with Gasteiger partial charge >= 0.3 is 0 Å². The van der Waals surface area contributed by atoms with Gasteiger partial charge in [0.2, 0.25) is 11.8 Å². The number of ether oxygens (including phenoxy) is 1. The number of benzene rings is 1. The van der Waals surface area contributed by atoms with Crippen LogP contribution in [0.5, 0.6) is 5.75 Å². The number of hydrogen-bond acceptors (Lipinski definition) is 5. The van der Waals surface area contributed by atoms with Crippen LogP contribution in [-0.4, -0.2) is 41.2 Å². The minimum atomic E-state index is -0.956. The van der Waals surface area contributed by atoms with Crippen LogP contribution in [0.25, 0.3) is 0 Å². The zero-order chi connectivity index (χ0) is 18.0. The van der Waals surface area contributed by atoms with E-state index in [2.05, 4.69) is 11.9 Å². The number of imide groups is 2. The molecule has 1 N–H and O–H groups in total. The topological polar surface area (TPSA) is 92.8 Å². The molecular weight excluding hydrogens is 324 g/mol. The average Bonchev–Trinajstić information content (AvgIpc) is 2.83. The standard InChI is InChI=1S/C18H18N2O5/c1-2-3-4-9-25-11-5-6-12-13(10-11)18(24)20(17(12)23)14-7-8-15(21)19-16(14)22/h2,5-6,10,14H,1,3-4,7-9H2,(H,19,21,22). The van der Waals surface area contributed by atoms with E-state index in [1.54, 1.807) is 12.1 Å². The summed E-state index contributed by atoms with van der Waals surface area (Å²) in [5.41, 5.74) is 0.462. The van der Waals surface area contributed by atoms with E-state index >= 15 is 0 Å². The summed E-state index contributed by atoms with van der Waals surface area (Å²) in [6.45, 7) is 4.11. The van der Waals surface area contributed by atoms with E-state index in [1.165, 1.54) is 12.1 Å². The molecule has 0 aliphatic carbocycles. The largest absolute Gasteiger partial charge is 0.494 e. The molecule has 25 heavy (non-hydrogen) atoms. The second-order valence-corrected chi connectivity index (χ2v) is 5.93. The predicted octanol–water partition coefficient (Wildman–Crippen LogP) is 1.43. The fraction of sp³-hybridized carbons (Fsp3) is 0.333. The number of carbonyl (C=O) groups excluding carboxylic acids is 4. The van der Waals surface area contributed by atoms with Crippen LogP contribution in [0.1, 0.15) is 46.4 Å². The lowest BCUT2D eigenvalue weighted by Gasteiger charge is -2.27. The molecule has 0 saturated carbocycles. The van der Waals surface area contributed by atoms with Gasteiger partial charge < -0.3 is 4.74 Å². The number of allylic oxidation sites excluding steroid dienone is 1. The van der Waals surface area contributed by atoms with Crippen LogP contribution in [0.2, 0.25) is 0 Å². The Morgan fingerprint density at radius 3 is 2.68 bits per heavy atom. The highest BCUT2D eigenvalue weighted by Gasteiger charge is 2.44. The quantitative estimate of drug-likeness (QED) is 0.480. The third kappa shape index (κ3) is 3.17. The van der Waals surface area contributed by atoms with Crippen molar-refractivity contribution in [1.82, 2.24) is 10.2 Å². The van der Waals surface area contributed by atoms with Gasteiger partial charge in [0.05, 0.1) is 17.7 Å². The van der Waals surface area contributed by atoms with Crippen LogP contribution >= 0.6 is 0 Å². The molecule has 4 amide bonds. The Hall–Kier alpha value is -2.96. The summed E-state index contributed by atoms with van der Waals surface area (Å²) in [5.74, 6) is -1.58. The summed E-state index contributed by atoms with van der Waals surface area (Å²) in [4.78, 5) is 49.4. The van der Waals surface area contributed by atoms with Gasteiger partial charge in [-0.2, -0.15) is 0 Å². The van der Waals surface area contributed by atoms with Crippen molar-refractivity contribution in [3.63, 3.8) is 0 Å². The van der Waals surface area contributed by atoms with Gasteiger partial charge in [0.15, 0.2) is 0 Å². The Kier molecular flexibility index (Phi) is 4.65. The molecule has 1 atom stereocenters. The maximum absolute atomic E-state index is 12.6. The van der Waals surface area contributed by atoms with Gasteiger partial charge in [-0.1, -0.05) is 6.08 Å². The maximum atomic E-state index is 12.6. The van der Waals surface area contributed by atoms with E-state index in [0.717, 1.165) is 17.7 Å². The van der Waals surface area contributed by atoms with Crippen LogP contribution in [0.3, 0.4) is 0 Å². The van der Waals surface area contributed by atoms with Crippen molar-refractivity contribution in [2.24, 2.45) is 0 Å². The number of hydrogen-bond donors (Lipinski definition) is 1. The Morgan fingerprint density at radius 1 is 1.20 bits per heavy atom. The molecule has 1 aromatic carbocycles. The summed E-state index contributed by atoms with van der Waals surface area (Å²) in [6.07, 6.45) is 3.66. The zero-order valence-electron chi connectivity index (χ0n) is 13.6. The van der Waals surface area contributed by atoms with Gasteiger partial charge in [-0.15, -0.1) is 6.58 Å². The molecule has 0 aromatic heterocycles. The molecule has 7 nitrogen and oxygen atoms in total. The number of amides is 4. The zero-order valence-corrected chi connectivity index (χ0v) is 13.6. The SMILES string of the molecule is C=CCCCOc1ccc2c(c1)C(=O)N(C1CCC(=O)NC1=O)C2=O. The van der Waals surface area contributed by atoms with Crippen LogP contribution < -0.4 is 10.1 Å². The predicted molar refractivity (Wildman–Crippen MR) is 88.0 cm³/mol. The van der Waals surface area contributed by atoms with Crippen LogP contribution in [0.4, 0.5) is 0 Å². The highest BCUT2D eigenvalue weighted by Crippen LogP contribution is 2.30. The lowest BCUT2D eigenvalue weighted by Crippen LogP contribution is -2.54. The molecule has 0 radical (unpaired) electrons. The van der Waals surface area contributed by atoms with Crippen molar-refractivity contribution >= 4 is 23.6 Å². The minimum absolute atomic E-state index is 0.0987. The molecule has 0 spiro atoms. The van der Waals surface area contributed by atoms with Crippen molar-refractivity contribution in [2.45, 2.75) is 31.7 Å². The van der Waals surface area contributed by atoms with Crippen LogP contribution in [0, 0.1) is 0 Å². The smallest absolute Gasteiger partial charge is 0.262 e. The number of piperidine rings is 1. The normalized spacial score (nSPS) is 19.7. The van der Waals surface area contributed by atoms with E-state index < -0.39 is 29.7 Å². The van der Waals surface area contributed by atoms with Crippen molar-refractivity contribution in [2.75, 3.05) is 6.61 Å². The molecule has 1 aromatic rings. The molecule has 2 heterocycles. The van der Waals surface area contributed by atoms with E-state index in [0.29, 0.717) is 12.4 Å². The molecule has 1 fully saturated rings. The number of nitrogens with zero attached hydrogens (tertiary/aromatic N) is 1. The van der Waals surface area contributed by atoms with Gasteiger partial charge in [0, 0.05) is 6.42 Å². The van der Waals surface area contributed by atoms with Crippen LogP contribution in [-0.2, 0) is 9.59 Å². The summed E-state index contributed by atoms with van der Waals surface area (Å²) >= 11 is 0. The first-order chi connectivity index (χ1) is 12.0. The fourth-order valence-electron chi connectivity index (χ4n) is 2.96. The summed E-state index contributed by atoms with van der Waals surface area (Å²) in [7, 11) is 0. The van der Waals surface area contributed by atoms with Gasteiger partial charge in [0.1, 0.15) is 11.8 Å². The Balaban J connectivity index is 1.78. The van der Waals surface area contributed by atoms with Gasteiger partial charge in [-0.3, -0.25) is 29.4 Å². The molecule has 1 unspecified atom stereocenters. The summed E-state index contributed by atoms with van der Waals surface area (Å²) in [6, 6.07) is 3.73. The first-order valence-electron chi connectivity index (χ1n) is 8.12. The second kappa shape index (κ2) is 6.88. The third-order valence-electron chi connectivity index (χ3n) is 4.23. The number of fused-ring (bicyclic) bond motifs is 1. The van der Waals surface area contributed by atoms with E-state index in [4.69, 9.17) is 4.74 Å². The molecule has 3 rings (SSSR count).